The maximum atomic E-state index is 7.33. The van der Waals surface area contributed by atoms with Crippen molar-refractivity contribution in [3.05, 3.63) is 261 Å². The van der Waals surface area contributed by atoms with Crippen LogP contribution in [-0.4, -0.2) is 22.2 Å². The van der Waals surface area contributed by atoms with Crippen LogP contribution < -0.4 is 37.7 Å². The molecule has 0 aliphatic heterocycles. The molecule has 0 N–H and O–H groups in total. The predicted molar refractivity (Wildman–Crippen MR) is 504 cm³/mol. The number of rotatable bonds is 6. The van der Waals surface area contributed by atoms with Gasteiger partial charge in [-0.25, -0.2) is 0 Å². The Morgan fingerprint density at radius 3 is 1.27 bits per heavy atom. The summed E-state index contributed by atoms with van der Waals surface area (Å²) in [7, 11) is -3.89. The normalized spacial score (nSPS) is 24.1. The van der Waals surface area contributed by atoms with Crippen LogP contribution in [0.4, 0.5) is 0 Å². The van der Waals surface area contributed by atoms with Crippen molar-refractivity contribution in [3.8, 4) is 22.3 Å². The quantitative estimate of drug-likeness (QED) is 0.117. The number of hydrogen-bond donors (Lipinski definition) is 0. The Morgan fingerprint density at radius 2 is 0.832 bits per heavy atom. The Bertz CT molecular complexity index is 4480. The average molecular weight is 1610 g/mol. The van der Waals surface area contributed by atoms with Crippen molar-refractivity contribution in [1.29, 1.82) is 0 Å². The van der Waals surface area contributed by atoms with Gasteiger partial charge >= 0.3 is 37.7 Å². The molecular formula is C105H147Cl3Li2Si3. The van der Waals surface area contributed by atoms with E-state index in [1.165, 1.54) is 104 Å². The summed E-state index contributed by atoms with van der Waals surface area (Å²) in [6.07, 6.45) is 38.8. The van der Waals surface area contributed by atoms with Gasteiger partial charge in [0, 0.05) is 5.54 Å². The first-order valence-electron chi connectivity index (χ1n) is 42.7. The van der Waals surface area contributed by atoms with Crippen LogP contribution in [0.25, 0.3) is 33.4 Å². The molecule has 0 heterocycles. The number of fused-ring (bicyclic) bond motifs is 9. The second kappa shape index (κ2) is 35.5. The standard InChI is InChI=1S/C38H48Si.C29H39ClSi.C27H34.C9H18.C2H6Cl2Si.2Li.2H/c1-36(2,3)26-17-19-29(21-26)39(10,11)35-32-22-27(37(4,5)6)18-20-30(32)34-31(25-15-13-12-14-16-25)23-28(24-33(34)35)38(7,8)9;1-28(2,3)20-14-15-22-24(16-20)27(31(7,8)30)25-18-21(29(4,5)6)17-23(26(22)25)19-12-10-9-11-13-19;1-26(2,3)21-12-13-23-19(15-21)14-20-16-22(27(4,5)6)17-24(25(20)23)18-10-8-7-9-11-18;1-9(2,3)8-6-4-5-7-8;1-5(2,3)4;;;;/h12-16,18-24,35H,17H2,1-11H3;9-18,22,24-27H,1-8H3;7-13,15-17,19-20,23,25H,14H2,1-6H3;8H,4-7H2,1-3H3;1-2H3;;;;/q;;;;;2*+1;2*-1. The zero-order chi connectivity index (χ0) is 82.1. The van der Waals surface area contributed by atoms with E-state index >= 15 is 0 Å². The average Bonchev–Trinajstić information content (AvgIpc) is 1.56. The van der Waals surface area contributed by atoms with E-state index in [9.17, 15) is 0 Å². The molecule has 0 saturated heterocycles. The molecule has 10 unspecified atom stereocenters. The van der Waals surface area contributed by atoms with Crippen LogP contribution in [-0.2, 0) is 10.8 Å². The van der Waals surface area contributed by atoms with Crippen molar-refractivity contribution in [3.63, 3.8) is 0 Å². The monoisotopic (exact) mass is 1610 g/mol. The summed E-state index contributed by atoms with van der Waals surface area (Å²) in [5, 5.41) is 1.62. The molecule has 5 aromatic rings. The smallest absolute Gasteiger partial charge is 1.00 e. The Hall–Kier alpha value is -3.78. The Balaban J connectivity index is 0.000000246. The van der Waals surface area contributed by atoms with Crippen LogP contribution in [0.5, 0.6) is 0 Å². The van der Waals surface area contributed by atoms with Gasteiger partial charge in [-0.1, -0.05) is 404 Å². The van der Waals surface area contributed by atoms with Crippen LogP contribution in [0.15, 0.2) is 227 Å². The van der Waals surface area contributed by atoms with Gasteiger partial charge in [-0.3, -0.25) is 0 Å². The molecule has 10 atom stereocenters. The third-order valence-corrected chi connectivity index (χ3v) is 33.2. The summed E-state index contributed by atoms with van der Waals surface area (Å²) < 4.78 is 0. The molecule has 0 spiro atoms. The number of benzene rings is 5. The van der Waals surface area contributed by atoms with Crippen molar-refractivity contribution < 1.29 is 40.6 Å². The Labute approximate surface area is 735 Å². The minimum Gasteiger partial charge on any atom is -1.00 e. The first-order valence-corrected chi connectivity index (χ1v) is 54.9. The molecular weight excluding hydrogens is 1470 g/mol. The minimum atomic E-state index is -1.96. The second-order valence-corrected chi connectivity index (χ2v) is 64.6. The third kappa shape index (κ3) is 22.4. The molecule has 0 aromatic heterocycles. The molecule has 3 saturated carbocycles. The summed E-state index contributed by atoms with van der Waals surface area (Å²) in [6, 6.07) is 45.7. The first-order chi connectivity index (χ1) is 51.0. The fourth-order valence-electron chi connectivity index (χ4n) is 19.6. The summed E-state index contributed by atoms with van der Waals surface area (Å²) in [5.74, 6) is 5.62. The van der Waals surface area contributed by atoms with Crippen LogP contribution in [0.3, 0.4) is 0 Å². The zero-order valence-electron chi connectivity index (χ0n) is 78.7. The van der Waals surface area contributed by atoms with Gasteiger partial charge in [0.05, 0.1) is 8.07 Å². The SMILES string of the molecule is CC(C)(C)C1=CC([Si](C)(C)C2c3cc(C(C)(C)C)ccc3-c3c(-c4ccccc4)cc(C(C)(C)C)cc32)=CC1.CC(C)(C)C1=CC2C(C=C1)C1C(c3ccccc3)=CC(C(C)(C)C)=CC1C2[Si](C)(C)Cl.CC(C)(C)C1=CC2CC3C=C(C(C)(C)C)C=C(c4ccccc4)C3C2C=C1.CC(C)(C)C1CCCC1.C[Si](C)(Cl)Cl.[H-].[H-].[Li+].[Li+]. The van der Waals surface area contributed by atoms with E-state index in [0.717, 1.165) is 12.3 Å². The van der Waals surface area contributed by atoms with Gasteiger partial charge in [0.25, 0.3) is 0 Å². The Morgan fingerprint density at radius 1 is 0.398 bits per heavy atom. The molecule has 3 fully saturated rings. The van der Waals surface area contributed by atoms with Gasteiger partial charge in [-0.05, 0) is 236 Å². The van der Waals surface area contributed by atoms with E-state index in [1.807, 2.05) is 13.1 Å². The van der Waals surface area contributed by atoms with Crippen LogP contribution >= 0.6 is 33.2 Å². The van der Waals surface area contributed by atoms with Crippen LogP contribution in [0, 0.1) is 85.8 Å². The van der Waals surface area contributed by atoms with Gasteiger partial charge in [-0.2, -0.15) is 11.1 Å². The first kappa shape index (κ1) is 94.7. The third-order valence-electron chi connectivity index (χ3n) is 26.2. The molecule has 0 bridgehead atoms. The molecule has 113 heavy (non-hydrogen) atoms. The van der Waals surface area contributed by atoms with E-state index in [2.05, 4.69) is 387 Å². The van der Waals surface area contributed by atoms with Crippen molar-refractivity contribution in [1.82, 2.24) is 0 Å². The summed E-state index contributed by atoms with van der Waals surface area (Å²) in [4.78, 5) is 0. The zero-order valence-corrected chi connectivity index (χ0v) is 82.0. The molecule has 9 aliphatic rings. The molecule has 14 rings (SSSR count). The predicted octanol–water partition coefficient (Wildman–Crippen LogP) is 27.1. The van der Waals surface area contributed by atoms with Gasteiger partial charge in [-0.15, -0.1) is 22.2 Å². The van der Waals surface area contributed by atoms with Crippen molar-refractivity contribution in [2.45, 2.75) is 266 Å². The molecule has 0 amide bonds. The largest absolute Gasteiger partial charge is 1.00 e. The summed E-state index contributed by atoms with van der Waals surface area (Å²) in [5.41, 5.74) is 27.7. The molecule has 602 valence electrons. The molecule has 5 aromatic carbocycles. The van der Waals surface area contributed by atoms with Gasteiger partial charge in [0.1, 0.15) is 0 Å². The molecule has 8 heteroatoms. The summed E-state index contributed by atoms with van der Waals surface area (Å²) >= 11 is 18.2. The van der Waals surface area contributed by atoms with E-state index in [4.69, 9.17) is 33.2 Å². The number of halogens is 3. The summed E-state index contributed by atoms with van der Waals surface area (Å²) in [6.45, 7) is 68.4. The molecule has 9 aliphatic carbocycles. The van der Waals surface area contributed by atoms with Gasteiger partial charge in [0.2, 0.25) is 6.69 Å². The topological polar surface area (TPSA) is 0 Å². The van der Waals surface area contributed by atoms with Crippen LogP contribution in [0.2, 0.25) is 44.8 Å². The molecule has 0 nitrogen and oxygen atoms in total. The maximum Gasteiger partial charge on any atom is 1.00 e. The van der Waals surface area contributed by atoms with E-state index in [-0.39, 0.29) is 78.5 Å². The van der Waals surface area contributed by atoms with Crippen molar-refractivity contribution in [2.75, 3.05) is 0 Å². The number of allylic oxidation sites excluding steroid dienone is 20. The van der Waals surface area contributed by atoms with Gasteiger partial charge < -0.3 is 2.85 Å². The molecule has 0 radical (unpaired) electrons. The maximum absolute atomic E-state index is 7.33. The Kier molecular flexibility index (Phi) is 29.7. The van der Waals surface area contributed by atoms with E-state index in [0.29, 0.717) is 63.8 Å². The van der Waals surface area contributed by atoms with E-state index in [1.54, 1.807) is 27.5 Å². The fourth-order valence-corrected chi connectivity index (χ4v) is 26.4. The van der Waals surface area contributed by atoms with Crippen molar-refractivity contribution in [2.24, 2.45) is 85.8 Å². The fraction of sp³-hybridized carbons (Fsp3) is 0.524. The van der Waals surface area contributed by atoms with Crippen molar-refractivity contribution >= 4 is 66.5 Å². The van der Waals surface area contributed by atoms with E-state index < -0.39 is 22.2 Å². The number of hydrogen-bond acceptors (Lipinski definition) is 0. The second-order valence-electron chi connectivity index (χ2n) is 44.4. The van der Waals surface area contributed by atoms with Gasteiger partial charge in [0.15, 0.2) is 7.38 Å². The van der Waals surface area contributed by atoms with Crippen LogP contribution in [0.1, 0.15) is 246 Å². The minimum absolute atomic E-state index is 0.